The molecule has 6 nitrogen and oxygen atoms in total. The first-order valence-corrected chi connectivity index (χ1v) is 7.34. The van der Waals surface area contributed by atoms with Crippen LogP contribution < -0.4 is 14.9 Å². The maximum Gasteiger partial charge on any atom is 0.207 e. The molecule has 0 saturated heterocycles. The zero-order valence-corrected chi connectivity index (χ0v) is 13.1. The Morgan fingerprint density at radius 1 is 1.12 bits per heavy atom. The molecule has 0 unspecified atom stereocenters. The van der Waals surface area contributed by atoms with Crippen LogP contribution in [0.4, 0.5) is 0 Å². The summed E-state index contributed by atoms with van der Waals surface area (Å²) in [5.74, 6) is 1.42. The molecule has 0 bridgehead atoms. The number of ether oxygens (including phenoxy) is 2. The van der Waals surface area contributed by atoms with Gasteiger partial charge in [-0.25, -0.2) is 4.98 Å². The van der Waals surface area contributed by atoms with Crippen LogP contribution in [0.1, 0.15) is 0 Å². The van der Waals surface area contributed by atoms with Gasteiger partial charge in [0, 0.05) is 12.1 Å². The average Bonchev–Trinajstić information content (AvgIpc) is 3.04. The van der Waals surface area contributed by atoms with Crippen LogP contribution in [-0.4, -0.2) is 24.2 Å². The third kappa shape index (κ3) is 2.11. The molecule has 4 rings (SSSR count). The van der Waals surface area contributed by atoms with Gasteiger partial charge in [0.2, 0.25) is 5.43 Å². The SMILES string of the molecule is COc1cc(OC)c2c(=O)c(-c3nc4ccccc4[nH]3)coc2c1. The number of hydrogen-bond donors (Lipinski definition) is 1. The summed E-state index contributed by atoms with van der Waals surface area (Å²) in [7, 11) is 3.04. The number of imidazole rings is 1. The summed E-state index contributed by atoms with van der Waals surface area (Å²) >= 11 is 0. The molecular formula is C18H14N2O4. The van der Waals surface area contributed by atoms with Gasteiger partial charge in [-0.15, -0.1) is 0 Å². The van der Waals surface area contributed by atoms with Gasteiger partial charge in [0.25, 0.3) is 0 Å². The second-order valence-corrected chi connectivity index (χ2v) is 5.28. The number of para-hydroxylation sites is 2. The molecule has 0 fully saturated rings. The minimum Gasteiger partial charge on any atom is -0.496 e. The fourth-order valence-corrected chi connectivity index (χ4v) is 2.72. The molecule has 1 N–H and O–H groups in total. The normalized spacial score (nSPS) is 11.1. The Bertz CT molecular complexity index is 1080. The molecule has 2 aromatic carbocycles. The Hall–Kier alpha value is -3.28. The number of H-pyrrole nitrogens is 1. The van der Waals surface area contributed by atoms with E-state index in [0.29, 0.717) is 33.9 Å². The van der Waals surface area contributed by atoms with Crippen molar-refractivity contribution in [3.05, 3.63) is 52.9 Å². The van der Waals surface area contributed by atoms with Crippen LogP contribution in [0.2, 0.25) is 0 Å². The van der Waals surface area contributed by atoms with Crippen LogP contribution in [0.3, 0.4) is 0 Å². The van der Waals surface area contributed by atoms with Crippen LogP contribution in [0, 0.1) is 0 Å². The molecule has 0 spiro atoms. The van der Waals surface area contributed by atoms with Crippen molar-refractivity contribution < 1.29 is 13.9 Å². The van der Waals surface area contributed by atoms with Gasteiger partial charge in [-0.1, -0.05) is 12.1 Å². The molecule has 2 aromatic heterocycles. The summed E-state index contributed by atoms with van der Waals surface area (Å²) in [5, 5.41) is 0.358. The van der Waals surface area contributed by atoms with E-state index in [9.17, 15) is 4.79 Å². The van der Waals surface area contributed by atoms with Crippen molar-refractivity contribution in [3.8, 4) is 22.9 Å². The summed E-state index contributed by atoms with van der Waals surface area (Å²) < 4.78 is 16.2. The van der Waals surface area contributed by atoms with Gasteiger partial charge in [-0.05, 0) is 12.1 Å². The van der Waals surface area contributed by atoms with Crippen molar-refractivity contribution in [2.75, 3.05) is 14.2 Å². The number of nitrogens with zero attached hydrogens (tertiary/aromatic N) is 1. The molecule has 2 heterocycles. The molecular weight excluding hydrogens is 308 g/mol. The molecule has 0 saturated carbocycles. The molecule has 0 aliphatic carbocycles. The topological polar surface area (TPSA) is 77.4 Å². The van der Waals surface area contributed by atoms with Crippen LogP contribution >= 0.6 is 0 Å². The minimum absolute atomic E-state index is 0.213. The van der Waals surface area contributed by atoms with E-state index in [1.807, 2.05) is 24.3 Å². The first-order chi connectivity index (χ1) is 11.7. The first-order valence-electron chi connectivity index (χ1n) is 7.34. The van der Waals surface area contributed by atoms with Crippen molar-refractivity contribution in [1.29, 1.82) is 0 Å². The number of hydrogen-bond acceptors (Lipinski definition) is 5. The number of aromatic amines is 1. The van der Waals surface area contributed by atoms with Crippen molar-refractivity contribution in [1.82, 2.24) is 9.97 Å². The van der Waals surface area contributed by atoms with E-state index in [4.69, 9.17) is 13.9 Å². The Morgan fingerprint density at radius 3 is 2.71 bits per heavy atom. The number of benzene rings is 2. The lowest BCUT2D eigenvalue weighted by atomic mass is 10.1. The van der Waals surface area contributed by atoms with Crippen molar-refractivity contribution in [3.63, 3.8) is 0 Å². The van der Waals surface area contributed by atoms with E-state index in [0.717, 1.165) is 11.0 Å². The highest BCUT2D eigenvalue weighted by Crippen LogP contribution is 2.30. The van der Waals surface area contributed by atoms with E-state index >= 15 is 0 Å². The monoisotopic (exact) mass is 322 g/mol. The molecule has 120 valence electrons. The summed E-state index contributed by atoms with van der Waals surface area (Å²) in [6, 6.07) is 10.9. The van der Waals surface area contributed by atoms with E-state index in [2.05, 4.69) is 9.97 Å². The smallest absolute Gasteiger partial charge is 0.207 e. The molecule has 6 heteroatoms. The summed E-state index contributed by atoms with van der Waals surface area (Å²) in [6.07, 6.45) is 1.40. The second-order valence-electron chi connectivity index (χ2n) is 5.28. The van der Waals surface area contributed by atoms with Gasteiger partial charge >= 0.3 is 0 Å². The Morgan fingerprint density at radius 2 is 1.96 bits per heavy atom. The summed E-state index contributed by atoms with van der Waals surface area (Å²) in [4.78, 5) is 20.5. The number of fused-ring (bicyclic) bond motifs is 2. The maximum absolute atomic E-state index is 12.9. The van der Waals surface area contributed by atoms with Gasteiger partial charge in [-0.2, -0.15) is 0 Å². The van der Waals surface area contributed by atoms with Gasteiger partial charge in [0.15, 0.2) is 0 Å². The van der Waals surface area contributed by atoms with Crippen LogP contribution in [0.25, 0.3) is 33.4 Å². The number of methoxy groups -OCH3 is 2. The lowest BCUT2D eigenvalue weighted by Gasteiger charge is -2.08. The Kier molecular flexibility index (Phi) is 3.23. The minimum atomic E-state index is -0.213. The van der Waals surface area contributed by atoms with Gasteiger partial charge in [0.1, 0.15) is 40.1 Å². The van der Waals surface area contributed by atoms with Crippen molar-refractivity contribution in [2.45, 2.75) is 0 Å². The third-order valence-electron chi connectivity index (χ3n) is 3.92. The average molecular weight is 322 g/mol. The van der Waals surface area contributed by atoms with Crippen molar-refractivity contribution in [2.24, 2.45) is 0 Å². The maximum atomic E-state index is 12.9. The fraction of sp³-hybridized carbons (Fsp3) is 0.111. The van der Waals surface area contributed by atoms with Gasteiger partial charge in [0.05, 0.1) is 25.3 Å². The first kappa shape index (κ1) is 14.3. The summed E-state index contributed by atoms with van der Waals surface area (Å²) in [6.45, 7) is 0. The predicted molar refractivity (Wildman–Crippen MR) is 90.7 cm³/mol. The fourth-order valence-electron chi connectivity index (χ4n) is 2.72. The molecule has 0 aliphatic heterocycles. The van der Waals surface area contributed by atoms with Crippen LogP contribution in [0.5, 0.6) is 11.5 Å². The Labute approximate surface area is 136 Å². The standard InChI is InChI=1S/C18H14N2O4/c1-22-10-7-14(23-2)16-15(8-10)24-9-11(17(16)21)18-19-12-5-3-4-6-13(12)20-18/h3-9H,1-2H3,(H,19,20). The number of aromatic nitrogens is 2. The molecule has 0 radical (unpaired) electrons. The van der Waals surface area contributed by atoms with E-state index in [1.165, 1.54) is 13.4 Å². The quantitative estimate of drug-likeness (QED) is 0.626. The second kappa shape index (κ2) is 5.42. The molecule has 0 amide bonds. The lowest BCUT2D eigenvalue weighted by Crippen LogP contribution is -2.07. The number of nitrogens with one attached hydrogen (secondary N) is 1. The molecule has 4 aromatic rings. The van der Waals surface area contributed by atoms with Crippen LogP contribution in [0.15, 0.2) is 51.9 Å². The third-order valence-corrected chi connectivity index (χ3v) is 3.92. The highest BCUT2D eigenvalue weighted by atomic mass is 16.5. The highest BCUT2D eigenvalue weighted by molar-refractivity contribution is 5.88. The zero-order valence-electron chi connectivity index (χ0n) is 13.1. The summed E-state index contributed by atoms with van der Waals surface area (Å²) in [5.41, 5.74) is 2.18. The van der Waals surface area contributed by atoms with Crippen molar-refractivity contribution >= 4 is 22.0 Å². The van der Waals surface area contributed by atoms with E-state index in [1.54, 1.807) is 19.2 Å². The molecule has 0 atom stereocenters. The number of rotatable bonds is 3. The van der Waals surface area contributed by atoms with E-state index < -0.39 is 0 Å². The largest absolute Gasteiger partial charge is 0.496 e. The van der Waals surface area contributed by atoms with Crippen LogP contribution in [-0.2, 0) is 0 Å². The predicted octanol–water partition coefficient (Wildman–Crippen LogP) is 3.35. The Balaban J connectivity index is 2.00. The zero-order chi connectivity index (χ0) is 16.7. The lowest BCUT2D eigenvalue weighted by molar-refractivity contribution is 0.396. The van der Waals surface area contributed by atoms with E-state index in [-0.39, 0.29) is 5.43 Å². The molecule has 0 aliphatic rings. The van der Waals surface area contributed by atoms with Gasteiger partial charge in [-0.3, -0.25) is 4.79 Å². The molecule has 24 heavy (non-hydrogen) atoms. The van der Waals surface area contributed by atoms with Gasteiger partial charge < -0.3 is 18.9 Å². The highest BCUT2D eigenvalue weighted by Gasteiger charge is 2.17.